The molecule has 1 heterocycles. The van der Waals surface area contributed by atoms with Gasteiger partial charge in [-0.1, -0.05) is 12.2 Å². The van der Waals surface area contributed by atoms with E-state index in [2.05, 4.69) is 26.2 Å². The summed E-state index contributed by atoms with van der Waals surface area (Å²) in [6.07, 6.45) is 4.63. The number of methoxy groups -OCH3 is 1. The third kappa shape index (κ3) is 1.60. The van der Waals surface area contributed by atoms with E-state index in [1.807, 2.05) is 6.92 Å². The predicted molar refractivity (Wildman–Crippen MR) is 108 cm³/mol. The summed E-state index contributed by atoms with van der Waals surface area (Å²) in [5.41, 5.74) is -0.229. The lowest BCUT2D eigenvalue weighted by Gasteiger charge is -2.50. The minimum absolute atomic E-state index is 0.104. The number of allylic oxidation sites excluding steroid dienone is 1. The Labute approximate surface area is 173 Å². The van der Waals surface area contributed by atoms with Gasteiger partial charge in [0.15, 0.2) is 8.32 Å². The Bertz CT molecular complexity index is 877. The van der Waals surface area contributed by atoms with Crippen molar-refractivity contribution in [2.75, 3.05) is 7.11 Å². The van der Waals surface area contributed by atoms with E-state index < -0.39 is 19.3 Å². The molecule has 0 radical (unpaired) electrons. The summed E-state index contributed by atoms with van der Waals surface area (Å²) in [7, 11) is -0.378. The molecule has 0 aromatic carbocycles. The normalized spacial score (nSPS) is 56.0. The van der Waals surface area contributed by atoms with Crippen molar-refractivity contribution in [1.29, 1.82) is 0 Å². The molecular weight excluding hydrogens is 384 g/mol. The molecule has 1 saturated heterocycles. The zero-order valence-electron chi connectivity index (χ0n) is 18.2. The van der Waals surface area contributed by atoms with Crippen molar-refractivity contribution in [2.45, 2.75) is 70.4 Å². The van der Waals surface area contributed by atoms with Gasteiger partial charge in [0.05, 0.1) is 24.5 Å². The summed E-state index contributed by atoms with van der Waals surface area (Å²) in [4.78, 5) is 26.8. The van der Waals surface area contributed by atoms with Crippen LogP contribution in [0.5, 0.6) is 0 Å². The number of carbonyl (C=O) groups is 2. The van der Waals surface area contributed by atoms with Crippen LogP contribution in [0.3, 0.4) is 0 Å². The highest BCUT2D eigenvalue weighted by atomic mass is 28.4. The lowest BCUT2D eigenvalue weighted by atomic mass is 9.54. The van der Waals surface area contributed by atoms with Crippen LogP contribution >= 0.6 is 0 Å². The Morgan fingerprint density at radius 3 is 2.62 bits per heavy atom. The van der Waals surface area contributed by atoms with E-state index in [9.17, 15) is 9.59 Å². The van der Waals surface area contributed by atoms with Crippen molar-refractivity contribution in [3.05, 3.63) is 12.2 Å². The van der Waals surface area contributed by atoms with E-state index >= 15 is 0 Å². The van der Waals surface area contributed by atoms with Gasteiger partial charge >= 0.3 is 11.9 Å². The summed E-state index contributed by atoms with van der Waals surface area (Å²) < 4.78 is 18.4. The fourth-order valence-corrected chi connectivity index (χ4v) is 10.8. The number of ether oxygens (including phenoxy) is 2. The summed E-state index contributed by atoms with van der Waals surface area (Å²) in [5.74, 6) is 0.0895. The lowest BCUT2D eigenvalue weighted by molar-refractivity contribution is -0.161. The molecule has 6 heteroatoms. The topological polar surface area (TPSA) is 61.8 Å². The maximum atomic E-state index is 13.5. The van der Waals surface area contributed by atoms with Crippen molar-refractivity contribution in [3.8, 4) is 0 Å². The molecule has 7 rings (SSSR count). The van der Waals surface area contributed by atoms with Crippen molar-refractivity contribution in [2.24, 2.45) is 39.9 Å². The summed E-state index contributed by atoms with van der Waals surface area (Å²) in [5, 5.41) is 0. The molecule has 7 aliphatic rings. The van der Waals surface area contributed by atoms with Crippen LogP contribution in [0.15, 0.2) is 12.2 Å². The Morgan fingerprint density at radius 2 is 1.97 bits per heavy atom. The van der Waals surface area contributed by atoms with Crippen LogP contribution in [0.1, 0.15) is 39.0 Å². The van der Waals surface area contributed by atoms with Crippen molar-refractivity contribution < 1.29 is 23.5 Å². The molecule has 6 bridgehead atoms. The van der Waals surface area contributed by atoms with E-state index in [-0.39, 0.29) is 40.7 Å². The molecule has 7 fully saturated rings. The molecule has 0 aromatic heterocycles. The van der Waals surface area contributed by atoms with Crippen LogP contribution in [-0.4, -0.2) is 39.1 Å². The van der Waals surface area contributed by atoms with Crippen molar-refractivity contribution in [1.82, 2.24) is 0 Å². The average Bonchev–Trinajstić information content (AvgIpc) is 3.02. The molecule has 5 nitrogen and oxygen atoms in total. The van der Waals surface area contributed by atoms with Gasteiger partial charge in [-0.3, -0.25) is 9.59 Å². The van der Waals surface area contributed by atoms with Gasteiger partial charge in [0.25, 0.3) is 0 Å². The molecule has 9 atom stereocenters. The van der Waals surface area contributed by atoms with Crippen LogP contribution in [0.2, 0.25) is 19.6 Å². The van der Waals surface area contributed by atoms with Gasteiger partial charge in [0.2, 0.25) is 0 Å². The van der Waals surface area contributed by atoms with Crippen molar-refractivity contribution >= 4 is 20.3 Å². The number of rotatable bonds is 3. The van der Waals surface area contributed by atoms with Crippen molar-refractivity contribution in [3.63, 3.8) is 0 Å². The molecule has 0 aromatic rings. The quantitative estimate of drug-likeness (QED) is 0.399. The monoisotopic (exact) mass is 416 g/mol. The molecule has 29 heavy (non-hydrogen) atoms. The summed E-state index contributed by atoms with van der Waals surface area (Å²) >= 11 is 0. The number of carbonyl (C=O) groups excluding carboxylic acids is 2. The van der Waals surface area contributed by atoms with E-state index in [1.165, 1.54) is 12.7 Å². The predicted octanol–water partition coefficient (Wildman–Crippen LogP) is 3.69. The lowest BCUT2D eigenvalue weighted by Crippen LogP contribution is -2.58. The second kappa shape index (κ2) is 4.85. The fourth-order valence-electron chi connectivity index (χ4n) is 9.57. The first-order chi connectivity index (χ1) is 13.5. The molecule has 2 spiro atoms. The molecule has 6 saturated carbocycles. The number of hydrogen-bond donors (Lipinski definition) is 0. The van der Waals surface area contributed by atoms with Gasteiger partial charge in [-0.25, -0.2) is 0 Å². The minimum Gasteiger partial charge on any atom is -0.469 e. The molecule has 6 aliphatic carbocycles. The van der Waals surface area contributed by atoms with Gasteiger partial charge < -0.3 is 13.9 Å². The van der Waals surface area contributed by atoms with Crippen LogP contribution in [0.25, 0.3) is 0 Å². The van der Waals surface area contributed by atoms with E-state index in [1.54, 1.807) is 0 Å². The highest BCUT2D eigenvalue weighted by Gasteiger charge is 3.01. The van der Waals surface area contributed by atoms with Crippen LogP contribution in [0, 0.1) is 39.9 Å². The maximum absolute atomic E-state index is 13.5. The Balaban J connectivity index is 1.55. The van der Waals surface area contributed by atoms with Gasteiger partial charge in [-0.2, -0.15) is 0 Å². The molecule has 4 unspecified atom stereocenters. The van der Waals surface area contributed by atoms with E-state index in [0.717, 1.165) is 32.1 Å². The second-order valence-electron chi connectivity index (χ2n) is 11.8. The third-order valence-corrected chi connectivity index (χ3v) is 11.0. The Morgan fingerprint density at radius 1 is 1.24 bits per heavy atom. The van der Waals surface area contributed by atoms with Crippen LogP contribution < -0.4 is 0 Å². The summed E-state index contributed by atoms with van der Waals surface area (Å²) in [6.45, 7) is 13.0. The highest BCUT2D eigenvalue weighted by molar-refractivity contribution is 6.69. The zero-order valence-corrected chi connectivity index (χ0v) is 19.2. The maximum Gasteiger partial charge on any atom is 0.315 e. The Kier molecular flexibility index (Phi) is 3.11. The first kappa shape index (κ1) is 18.6. The molecular formula is C23H32O5Si. The van der Waals surface area contributed by atoms with Gasteiger partial charge in [-0.15, -0.1) is 0 Å². The standard InChI is InChI=1S/C23H32O5Si/c1-12-13-7-9-22-16(12)21(22,11-13)15(18(24)26-3)17-20(2)14(28-29(4,5)6)8-10-23(17,22)27-19(20)25/h13-17H,1,7-11H2,2-6H3/t13?,14-,15-,16?,17-,20?,21-,22?,23+/m1/s1. The molecule has 0 N–H and O–H groups in total. The fraction of sp³-hybridized carbons (Fsp3) is 0.826. The molecule has 158 valence electrons. The zero-order chi connectivity index (χ0) is 20.8. The molecule has 0 amide bonds. The van der Waals surface area contributed by atoms with Gasteiger partial charge in [0, 0.05) is 16.7 Å². The smallest absolute Gasteiger partial charge is 0.315 e. The Hall–Kier alpha value is -1.14. The first-order valence-corrected chi connectivity index (χ1v) is 14.6. The second-order valence-corrected chi connectivity index (χ2v) is 16.2. The van der Waals surface area contributed by atoms with Crippen LogP contribution in [-0.2, 0) is 23.5 Å². The third-order valence-electron chi connectivity index (χ3n) is 10.0. The van der Waals surface area contributed by atoms with Gasteiger partial charge in [-0.05, 0) is 70.5 Å². The van der Waals surface area contributed by atoms with E-state index in [4.69, 9.17) is 13.9 Å². The SMILES string of the molecule is C=C1C2CCC34C1[C@@]3(C2)[C@@H](C(=O)OC)[C@@H]1C2(C)C(=O)O[C@@]14CC[C@H]2O[Si](C)(C)C. The number of esters is 2. The van der Waals surface area contributed by atoms with E-state index in [0.29, 0.717) is 11.8 Å². The number of fused-ring (bicyclic) bond motifs is 1. The minimum atomic E-state index is -1.87. The molecule has 1 aliphatic heterocycles. The van der Waals surface area contributed by atoms with Gasteiger partial charge in [0.1, 0.15) is 5.60 Å². The highest BCUT2D eigenvalue weighted by Crippen LogP contribution is 2.98. The number of hydrogen-bond acceptors (Lipinski definition) is 5. The average molecular weight is 417 g/mol. The first-order valence-electron chi connectivity index (χ1n) is 11.2. The van der Waals surface area contributed by atoms with Crippen LogP contribution in [0.4, 0.5) is 0 Å². The largest absolute Gasteiger partial charge is 0.469 e. The summed E-state index contributed by atoms with van der Waals surface area (Å²) in [6, 6.07) is 0.